The fourth-order valence-corrected chi connectivity index (χ4v) is 3.18. The van der Waals surface area contributed by atoms with Gasteiger partial charge in [0.1, 0.15) is 0 Å². The van der Waals surface area contributed by atoms with E-state index in [2.05, 4.69) is 44.7 Å². The van der Waals surface area contributed by atoms with Crippen molar-refractivity contribution in [2.45, 2.75) is 52.6 Å². The van der Waals surface area contributed by atoms with Crippen molar-refractivity contribution in [3.05, 3.63) is 34.4 Å². The van der Waals surface area contributed by atoms with E-state index in [9.17, 15) is 0 Å². The van der Waals surface area contributed by atoms with Crippen molar-refractivity contribution in [1.82, 2.24) is 4.90 Å². The molecule has 0 spiro atoms. The van der Waals surface area contributed by atoms with Crippen LogP contribution in [-0.2, 0) is 0 Å². The van der Waals surface area contributed by atoms with Crippen LogP contribution in [0, 0.1) is 20.8 Å². The van der Waals surface area contributed by atoms with Crippen LogP contribution in [0.25, 0.3) is 0 Å². The lowest BCUT2D eigenvalue weighted by Gasteiger charge is -2.40. The standard InChI is InChI=1S/C16H26N2/c1-5-18-8-6-7-15(17)16(18)14-10-12(3)11(2)9-13(14)4/h9-10,15-16H,5-8,17H2,1-4H3. The van der Waals surface area contributed by atoms with Crippen LogP contribution in [0.4, 0.5) is 0 Å². The molecule has 0 aromatic heterocycles. The Morgan fingerprint density at radius 1 is 1.17 bits per heavy atom. The summed E-state index contributed by atoms with van der Waals surface area (Å²) in [5.41, 5.74) is 12.0. The van der Waals surface area contributed by atoms with Crippen LogP contribution in [0.1, 0.15) is 48.1 Å². The summed E-state index contributed by atoms with van der Waals surface area (Å²) in [5, 5.41) is 0. The zero-order valence-electron chi connectivity index (χ0n) is 12.2. The van der Waals surface area contributed by atoms with Gasteiger partial charge >= 0.3 is 0 Å². The number of hydrogen-bond acceptors (Lipinski definition) is 2. The maximum atomic E-state index is 6.39. The molecule has 2 atom stereocenters. The lowest BCUT2D eigenvalue weighted by molar-refractivity contribution is 0.135. The molecule has 0 aliphatic carbocycles. The van der Waals surface area contributed by atoms with E-state index in [4.69, 9.17) is 5.73 Å². The van der Waals surface area contributed by atoms with Crippen LogP contribution in [0.2, 0.25) is 0 Å². The molecular formula is C16H26N2. The van der Waals surface area contributed by atoms with E-state index in [0.717, 1.165) is 13.0 Å². The van der Waals surface area contributed by atoms with E-state index in [-0.39, 0.29) is 6.04 Å². The van der Waals surface area contributed by atoms with Crippen molar-refractivity contribution in [1.29, 1.82) is 0 Å². The van der Waals surface area contributed by atoms with Gasteiger partial charge in [-0.05, 0) is 69.0 Å². The van der Waals surface area contributed by atoms with Crippen LogP contribution in [0.3, 0.4) is 0 Å². The number of benzene rings is 1. The van der Waals surface area contributed by atoms with Gasteiger partial charge in [-0.25, -0.2) is 0 Å². The van der Waals surface area contributed by atoms with E-state index in [1.807, 2.05) is 0 Å². The molecule has 1 aromatic rings. The monoisotopic (exact) mass is 246 g/mol. The highest BCUT2D eigenvalue weighted by Gasteiger charge is 2.30. The van der Waals surface area contributed by atoms with Crippen molar-refractivity contribution >= 4 is 0 Å². The second-order valence-electron chi connectivity index (χ2n) is 5.67. The smallest absolute Gasteiger partial charge is 0.0501 e. The Labute approximate surface area is 111 Å². The van der Waals surface area contributed by atoms with Crippen molar-refractivity contribution in [2.75, 3.05) is 13.1 Å². The number of piperidine rings is 1. The molecule has 1 fully saturated rings. The molecule has 0 amide bonds. The highest BCUT2D eigenvalue weighted by molar-refractivity contribution is 5.39. The molecule has 100 valence electrons. The lowest BCUT2D eigenvalue weighted by atomic mass is 9.87. The Hall–Kier alpha value is -0.860. The summed E-state index contributed by atoms with van der Waals surface area (Å²) in [7, 11) is 0. The van der Waals surface area contributed by atoms with Gasteiger partial charge in [0, 0.05) is 6.04 Å². The number of nitrogens with two attached hydrogens (primary N) is 1. The van der Waals surface area contributed by atoms with Gasteiger partial charge in [0.25, 0.3) is 0 Å². The molecule has 1 aromatic carbocycles. The number of likely N-dealkylation sites (tertiary alicyclic amines) is 1. The average Bonchev–Trinajstić information content (AvgIpc) is 2.34. The lowest BCUT2D eigenvalue weighted by Crippen LogP contribution is -2.46. The molecule has 2 N–H and O–H groups in total. The maximum Gasteiger partial charge on any atom is 0.0501 e. The topological polar surface area (TPSA) is 29.3 Å². The van der Waals surface area contributed by atoms with Gasteiger partial charge in [0.05, 0.1) is 6.04 Å². The minimum atomic E-state index is 0.277. The summed E-state index contributed by atoms with van der Waals surface area (Å²) in [6, 6.07) is 5.34. The molecule has 2 nitrogen and oxygen atoms in total. The Balaban J connectivity index is 2.41. The zero-order chi connectivity index (χ0) is 13.3. The summed E-state index contributed by atoms with van der Waals surface area (Å²) in [6.07, 6.45) is 2.38. The van der Waals surface area contributed by atoms with Crippen LogP contribution < -0.4 is 5.73 Å². The Kier molecular flexibility index (Phi) is 4.08. The largest absolute Gasteiger partial charge is 0.326 e. The summed E-state index contributed by atoms with van der Waals surface area (Å²) in [4.78, 5) is 2.53. The Bertz CT molecular complexity index is 425. The first-order chi connectivity index (χ1) is 8.54. The first kappa shape index (κ1) is 13.6. The highest BCUT2D eigenvalue weighted by Crippen LogP contribution is 2.33. The van der Waals surface area contributed by atoms with Gasteiger partial charge in [0.15, 0.2) is 0 Å². The van der Waals surface area contributed by atoms with Crippen molar-refractivity contribution in [2.24, 2.45) is 5.73 Å². The maximum absolute atomic E-state index is 6.39. The third-order valence-electron chi connectivity index (χ3n) is 4.39. The van der Waals surface area contributed by atoms with Gasteiger partial charge in [-0.15, -0.1) is 0 Å². The van der Waals surface area contributed by atoms with Gasteiger partial charge in [0.2, 0.25) is 0 Å². The average molecular weight is 246 g/mol. The number of nitrogens with zero attached hydrogens (tertiary/aromatic N) is 1. The van der Waals surface area contributed by atoms with Crippen molar-refractivity contribution < 1.29 is 0 Å². The molecule has 0 radical (unpaired) electrons. The molecule has 0 bridgehead atoms. The quantitative estimate of drug-likeness (QED) is 0.869. The van der Waals surface area contributed by atoms with Gasteiger partial charge < -0.3 is 5.73 Å². The van der Waals surface area contributed by atoms with E-state index in [0.29, 0.717) is 6.04 Å². The summed E-state index contributed by atoms with van der Waals surface area (Å²) in [5.74, 6) is 0. The zero-order valence-corrected chi connectivity index (χ0v) is 12.2. The fraction of sp³-hybridized carbons (Fsp3) is 0.625. The number of aryl methyl sites for hydroxylation is 3. The summed E-state index contributed by atoms with van der Waals surface area (Å²) in [6.45, 7) is 11.1. The second kappa shape index (κ2) is 5.41. The van der Waals surface area contributed by atoms with E-state index in [1.165, 1.54) is 35.2 Å². The number of rotatable bonds is 2. The Morgan fingerprint density at radius 2 is 1.83 bits per heavy atom. The van der Waals surface area contributed by atoms with Crippen LogP contribution in [0.15, 0.2) is 12.1 Å². The first-order valence-corrected chi connectivity index (χ1v) is 7.12. The number of likely N-dealkylation sites (N-methyl/N-ethyl adjacent to an activating group) is 1. The minimum absolute atomic E-state index is 0.277. The molecule has 2 heteroatoms. The Morgan fingerprint density at radius 3 is 2.50 bits per heavy atom. The van der Waals surface area contributed by atoms with E-state index >= 15 is 0 Å². The predicted octanol–water partition coefficient (Wildman–Crippen LogP) is 3.10. The first-order valence-electron chi connectivity index (χ1n) is 7.12. The predicted molar refractivity (Wildman–Crippen MR) is 77.9 cm³/mol. The minimum Gasteiger partial charge on any atom is -0.326 e. The molecule has 2 unspecified atom stereocenters. The molecule has 1 aliphatic rings. The molecule has 0 saturated carbocycles. The second-order valence-corrected chi connectivity index (χ2v) is 5.67. The van der Waals surface area contributed by atoms with Crippen molar-refractivity contribution in [3.63, 3.8) is 0 Å². The summed E-state index contributed by atoms with van der Waals surface area (Å²) >= 11 is 0. The fourth-order valence-electron chi connectivity index (χ4n) is 3.18. The summed E-state index contributed by atoms with van der Waals surface area (Å²) < 4.78 is 0. The molecule has 18 heavy (non-hydrogen) atoms. The van der Waals surface area contributed by atoms with Crippen LogP contribution >= 0.6 is 0 Å². The van der Waals surface area contributed by atoms with Gasteiger partial charge in [-0.3, -0.25) is 4.90 Å². The van der Waals surface area contributed by atoms with E-state index < -0.39 is 0 Å². The third kappa shape index (κ3) is 2.45. The highest BCUT2D eigenvalue weighted by atomic mass is 15.2. The molecule has 1 heterocycles. The van der Waals surface area contributed by atoms with Gasteiger partial charge in [-0.2, -0.15) is 0 Å². The molecule has 1 saturated heterocycles. The number of hydrogen-bond donors (Lipinski definition) is 1. The molecular weight excluding hydrogens is 220 g/mol. The third-order valence-corrected chi connectivity index (χ3v) is 4.39. The van der Waals surface area contributed by atoms with E-state index in [1.54, 1.807) is 0 Å². The van der Waals surface area contributed by atoms with Gasteiger partial charge in [-0.1, -0.05) is 19.1 Å². The molecule has 1 aliphatic heterocycles. The SMILES string of the molecule is CCN1CCCC(N)C1c1cc(C)c(C)cc1C. The van der Waals surface area contributed by atoms with Crippen LogP contribution in [0.5, 0.6) is 0 Å². The normalized spacial score (nSPS) is 25.4. The van der Waals surface area contributed by atoms with Crippen molar-refractivity contribution in [3.8, 4) is 0 Å². The van der Waals surface area contributed by atoms with Crippen LogP contribution in [-0.4, -0.2) is 24.0 Å². The molecule has 2 rings (SSSR count).